The standard InChI is InChI=1S/C12H12N4O4/c17-7-1-2-15(5-7)10-4-9-8(3-11(10)16(19)20)12(18)14-6-13-9/h3-4,6-7,17H,1-2,5H2,(H,13,14,18). The number of fused-ring (bicyclic) bond motifs is 1. The summed E-state index contributed by atoms with van der Waals surface area (Å²) in [6.07, 6.45) is 1.34. The van der Waals surface area contributed by atoms with E-state index in [1.165, 1.54) is 18.5 Å². The van der Waals surface area contributed by atoms with Gasteiger partial charge >= 0.3 is 0 Å². The van der Waals surface area contributed by atoms with Crippen molar-refractivity contribution in [2.45, 2.75) is 12.5 Å². The first-order valence-electron chi connectivity index (χ1n) is 6.15. The summed E-state index contributed by atoms with van der Waals surface area (Å²) in [5.74, 6) is 0. The third-order valence-electron chi connectivity index (χ3n) is 3.44. The van der Waals surface area contributed by atoms with Crippen molar-refractivity contribution >= 4 is 22.3 Å². The normalized spacial score (nSPS) is 18.6. The number of anilines is 1. The molecule has 0 radical (unpaired) electrons. The summed E-state index contributed by atoms with van der Waals surface area (Å²) in [4.78, 5) is 30.5. The van der Waals surface area contributed by atoms with Crippen molar-refractivity contribution in [3.63, 3.8) is 0 Å². The first-order valence-corrected chi connectivity index (χ1v) is 6.15. The number of H-pyrrole nitrogens is 1. The number of hydrogen-bond acceptors (Lipinski definition) is 6. The van der Waals surface area contributed by atoms with Gasteiger partial charge in [-0.15, -0.1) is 0 Å². The second-order valence-corrected chi connectivity index (χ2v) is 4.74. The topological polar surface area (TPSA) is 112 Å². The molecule has 0 spiro atoms. The van der Waals surface area contributed by atoms with E-state index in [0.717, 1.165) is 0 Å². The van der Waals surface area contributed by atoms with Crippen molar-refractivity contribution in [2.75, 3.05) is 18.0 Å². The van der Waals surface area contributed by atoms with Gasteiger partial charge in [0.1, 0.15) is 5.69 Å². The number of aliphatic hydroxyl groups is 1. The molecule has 0 amide bonds. The van der Waals surface area contributed by atoms with Crippen molar-refractivity contribution in [3.8, 4) is 0 Å². The molecular weight excluding hydrogens is 264 g/mol. The number of nitro groups is 1. The minimum absolute atomic E-state index is 0.148. The van der Waals surface area contributed by atoms with Crippen molar-refractivity contribution in [1.29, 1.82) is 0 Å². The van der Waals surface area contributed by atoms with Crippen LogP contribution in [0.25, 0.3) is 10.9 Å². The van der Waals surface area contributed by atoms with Gasteiger partial charge in [-0.3, -0.25) is 14.9 Å². The number of aromatic amines is 1. The van der Waals surface area contributed by atoms with Crippen LogP contribution in [0, 0.1) is 10.1 Å². The van der Waals surface area contributed by atoms with E-state index in [1.807, 2.05) is 0 Å². The van der Waals surface area contributed by atoms with Crippen LogP contribution < -0.4 is 10.5 Å². The highest BCUT2D eigenvalue weighted by Gasteiger charge is 2.27. The van der Waals surface area contributed by atoms with E-state index in [2.05, 4.69) is 9.97 Å². The molecule has 1 saturated heterocycles. The zero-order chi connectivity index (χ0) is 14.3. The summed E-state index contributed by atoms with van der Waals surface area (Å²) in [5, 5.41) is 20.9. The highest BCUT2D eigenvalue weighted by atomic mass is 16.6. The van der Waals surface area contributed by atoms with Crippen LogP contribution in [0.5, 0.6) is 0 Å². The minimum atomic E-state index is -0.522. The summed E-state index contributed by atoms with van der Waals surface area (Å²) in [6, 6.07) is 2.77. The van der Waals surface area contributed by atoms with E-state index in [9.17, 15) is 20.0 Å². The van der Waals surface area contributed by atoms with E-state index in [4.69, 9.17) is 0 Å². The van der Waals surface area contributed by atoms with Gasteiger partial charge in [0.05, 0.1) is 28.3 Å². The second kappa shape index (κ2) is 4.57. The molecule has 1 atom stereocenters. The van der Waals surface area contributed by atoms with Crippen molar-refractivity contribution in [3.05, 3.63) is 38.9 Å². The number of nitrogens with one attached hydrogen (secondary N) is 1. The molecule has 1 fully saturated rings. The molecule has 2 heterocycles. The fourth-order valence-electron chi connectivity index (χ4n) is 2.45. The Bertz CT molecular complexity index is 742. The molecule has 1 aromatic carbocycles. The zero-order valence-corrected chi connectivity index (χ0v) is 10.4. The zero-order valence-electron chi connectivity index (χ0n) is 10.4. The third kappa shape index (κ3) is 1.99. The average molecular weight is 276 g/mol. The maximum absolute atomic E-state index is 11.7. The average Bonchev–Trinajstić information content (AvgIpc) is 2.84. The van der Waals surface area contributed by atoms with Gasteiger partial charge in [0.2, 0.25) is 0 Å². The largest absolute Gasteiger partial charge is 0.391 e. The fraction of sp³-hybridized carbons (Fsp3) is 0.333. The van der Waals surface area contributed by atoms with Crippen molar-refractivity contribution < 1.29 is 10.0 Å². The lowest BCUT2D eigenvalue weighted by molar-refractivity contribution is -0.384. The number of benzene rings is 1. The van der Waals surface area contributed by atoms with E-state index in [1.54, 1.807) is 4.90 Å². The summed E-state index contributed by atoms with van der Waals surface area (Å²) >= 11 is 0. The molecule has 0 aliphatic carbocycles. The van der Waals surface area contributed by atoms with E-state index < -0.39 is 16.6 Å². The molecule has 3 rings (SSSR count). The predicted octanol–water partition coefficient (Wildman–Crippen LogP) is 0.402. The molecule has 2 aromatic rings. The van der Waals surface area contributed by atoms with Crippen LogP contribution in [0.2, 0.25) is 0 Å². The molecule has 1 unspecified atom stereocenters. The molecule has 8 heteroatoms. The predicted molar refractivity (Wildman–Crippen MR) is 71.9 cm³/mol. The van der Waals surface area contributed by atoms with Gasteiger partial charge in [0.25, 0.3) is 11.2 Å². The Morgan fingerprint density at radius 3 is 2.95 bits per heavy atom. The Morgan fingerprint density at radius 2 is 2.30 bits per heavy atom. The number of aromatic nitrogens is 2. The van der Waals surface area contributed by atoms with Gasteiger partial charge in [-0.25, -0.2) is 4.98 Å². The Hall–Kier alpha value is -2.48. The highest BCUT2D eigenvalue weighted by molar-refractivity contribution is 5.87. The lowest BCUT2D eigenvalue weighted by Crippen LogP contribution is -2.22. The highest BCUT2D eigenvalue weighted by Crippen LogP contribution is 2.33. The van der Waals surface area contributed by atoms with Crippen LogP contribution in [0.4, 0.5) is 11.4 Å². The number of nitro benzene ring substituents is 1. The van der Waals surface area contributed by atoms with Gasteiger partial charge in [-0.1, -0.05) is 0 Å². The molecule has 1 aromatic heterocycles. The lowest BCUT2D eigenvalue weighted by Gasteiger charge is -2.17. The van der Waals surface area contributed by atoms with E-state index in [-0.39, 0.29) is 11.1 Å². The molecule has 1 aliphatic heterocycles. The summed E-state index contributed by atoms with van der Waals surface area (Å²) < 4.78 is 0. The molecule has 1 aliphatic rings. The van der Waals surface area contributed by atoms with Crippen molar-refractivity contribution in [2.24, 2.45) is 0 Å². The third-order valence-corrected chi connectivity index (χ3v) is 3.44. The van der Waals surface area contributed by atoms with Gasteiger partial charge in [0.15, 0.2) is 0 Å². The smallest absolute Gasteiger partial charge is 0.293 e. The molecule has 0 saturated carbocycles. The maximum Gasteiger partial charge on any atom is 0.293 e. The minimum Gasteiger partial charge on any atom is -0.391 e. The fourth-order valence-corrected chi connectivity index (χ4v) is 2.45. The van der Waals surface area contributed by atoms with Gasteiger partial charge < -0.3 is 15.0 Å². The van der Waals surface area contributed by atoms with Crippen molar-refractivity contribution in [1.82, 2.24) is 9.97 Å². The molecular formula is C12H12N4O4. The number of hydrogen-bond donors (Lipinski definition) is 2. The van der Waals surface area contributed by atoms with E-state index in [0.29, 0.717) is 30.7 Å². The molecule has 0 bridgehead atoms. The number of rotatable bonds is 2. The number of nitrogens with zero attached hydrogens (tertiary/aromatic N) is 3. The Kier molecular flexibility index (Phi) is 2.87. The van der Waals surface area contributed by atoms with Crippen LogP contribution in [0.15, 0.2) is 23.3 Å². The van der Waals surface area contributed by atoms with Crippen LogP contribution in [-0.2, 0) is 0 Å². The summed E-state index contributed by atoms with van der Waals surface area (Å²) in [7, 11) is 0. The number of aliphatic hydroxyl groups excluding tert-OH is 1. The monoisotopic (exact) mass is 276 g/mol. The van der Waals surface area contributed by atoms with Crippen LogP contribution in [0.3, 0.4) is 0 Å². The Morgan fingerprint density at radius 1 is 1.50 bits per heavy atom. The van der Waals surface area contributed by atoms with Crippen LogP contribution in [0.1, 0.15) is 6.42 Å². The van der Waals surface area contributed by atoms with Gasteiger partial charge in [0, 0.05) is 19.2 Å². The van der Waals surface area contributed by atoms with E-state index >= 15 is 0 Å². The molecule has 8 nitrogen and oxygen atoms in total. The van der Waals surface area contributed by atoms with Crippen LogP contribution in [-0.4, -0.2) is 39.2 Å². The molecule has 2 N–H and O–H groups in total. The lowest BCUT2D eigenvalue weighted by atomic mass is 10.1. The Balaban J connectivity index is 2.22. The molecule has 104 valence electrons. The number of β-amino-alcohol motifs (C(OH)–C–C–N with tert-alkyl or cyclic N) is 1. The quantitative estimate of drug-likeness (QED) is 0.606. The summed E-state index contributed by atoms with van der Waals surface area (Å²) in [5.41, 5.74) is 0.226. The molecule has 20 heavy (non-hydrogen) atoms. The van der Waals surface area contributed by atoms with Crippen LogP contribution >= 0.6 is 0 Å². The SMILES string of the molecule is O=c1[nH]cnc2cc(N3CCC(O)C3)c([N+](=O)[O-])cc12. The Labute approximate surface area is 112 Å². The second-order valence-electron chi connectivity index (χ2n) is 4.74. The van der Waals surface area contributed by atoms with Gasteiger partial charge in [-0.05, 0) is 12.5 Å². The maximum atomic E-state index is 11.7. The first-order chi connectivity index (χ1) is 9.56. The first kappa shape index (κ1) is 12.5. The van der Waals surface area contributed by atoms with Gasteiger partial charge in [-0.2, -0.15) is 0 Å². The summed E-state index contributed by atoms with van der Waals surface area (Å²) in [6.45, 7) is 0.881.